The van der Waals surface area contributed by atoms with Crippen LogP contribution < -0.4 is 10.2 Å². The van der Waals surface area contributed by atoms with Crippen molar-refractivity contribution in [2.75, 3.05) is 14.1 Å². The van der Waals surface area contributed by atoms with Crippen LogP contribution in [0.3, 0.4) is 0 Å². The van der Waals surface area contributed by atoms with E-state index in [1.165, 1.54) is 14.1 Å². The van der Waals surface area contributed by atoms with Gasteiger partial charge in [-0.1, -0.05) is 0 Å². The van der Waals surface area contributed by atoms with Crippen molar-refractivity contribution in [1.82, 2.24) is 10.2 Å². The van der Waals surface area contributed by atoms with E-state index in [4.69, 9.17) is 0 Å². The molecule has 3 nitrogen and oxygen atoms in total. The Morgan fingerprint density at radius 1 is 1.56 bits per heavy atom. The minimum Gasteiger partial charge on any atom is -0.263 e. The van der Waals surface area contributed by atoms with Gasteiger partial charge in [0.2, 0.25) is 0 Å². The summed E-state index contributed by atoms with van der Waals surface area (Å²) in [4.78, 5) is 0. The van der Waals surface area contributed by atoms with Gasteiger partial charge >= 0.3 is 0 Å². The molecular formula is C2H9F2N3P2. The van der Waals surface area contributed by atoms with E-state index < -0.39 is 16.7 Å². The van der Waals surface area contributed by atoms with E-state index in [2.05, 4.69) is 14.7 Å². The molecule has 0 aliphatic carbocycles. The van der Waals surface area contributed by atoms with Gasteiger partial charge < -0.3 is 0 Å². The van der Waals surface area contributed by atoms with E-state index in [9.17, 15) is 8.39 Å². The van der Waals surface area contributed by atoms with Gasteiger partial charge in [-0.05, 0) is 14.1 Å². The first-order valence-electron chi connectivity index (χ1n) is 2.26. The van der Waals surface area contributed by atoms with Gasteiger partial charge in [0.05, 0.1) is 0 Å². The van der Waals surface area contributed by atoms with Crippen LogP contribution in [0.4, 0.5) is 8.39 Å². The molecule has 9 heavy (non-hydrogen) atoms. The first-order chi connectivity index (χ1) is 4.20. The van der Waals surface area contributed by atoms with Crippen molar-refractivity contribution >= 4 is 16.7 Å². The van der Waals surface area contributed by atoms with Crippen LogP contribution in [-0.4, -0.2) is 14.1 Å². The molecule has 0 fully saturated rings. The number of hydrogen-bond donors (Lipinski definition) is 2. The maximum Gasteiger partial charge on any atom is 0.283 e. The van der Waals surface area contributed by atoms with Crippen LogP contribution in [-0.2, 0) is 0 Å². The molecular weight excluding hydrogens is 166 g/mol. The zero-order valence-corrected chi connectivity index (χ0v) is 7.04. The lowest BCUT2D eigenvalue weighted by atomic mass is 11.6. The monoisotopic (exact) mass is 175 g/mol. The summed E-state index contributed by atoms with van der Waals surface area (Å²) in [6.07, 6.45) is 0. The quantitative estimate of drug-likeness (QED) is 0.641. The second-order valence-electron chi connectivity index (χ2n) is 1.12. The summed E-state index contributed by atoms with van der Waals surface area (Å²) in [5, 5.41) is 4.44. The SMILES string of the molecule is CNP(F)/N=[PH](\F)NC. The Hall–Kier alpha value is 0.440. The van der Waals surface area contributed by atoms with Gasteiger partial charge in [-0.15, -0.1) is 0 Å². The lowest BCUT2D eigenvalue weighted by Crippen LogP contribution is -1.91. The van der Waals surface area contributed by atoms with Gasteiger partial charge in [-0.3, -0.25) is 10.2 Å². The van der Waals surface area contributed by atoms with Gasteiger partial charge in [0.15, 0.2) is 8.17 Å². The maximum absolute atomic E-state index is 12.1. The molecule has 0 radical (unpaired) electrons. The largest absolute Gasteiger partial charge is 0.283 e. The Kier molecular flexibility index (Phi) is 5.50. The van der Waals surface area contributed by atoms with Crippen LogP contribution in [0.1, 0.15) is 0 Å². The molecule has 0 spiro atoms. The fourth-order valence-electron chi connectivity index (χ4n) is 0.177. The third kappa shape index (κ3) is 4.91. The lowest BCUT2D eigenvalue weighted by molar-refractivity contribution is 0.851. The number of nitrogens with zero attached hydrogens (tertiary/aromatic N) is 1. The topological polar surface area (TPSA) is 36.4 Å². The highest BCUT2D eigenvalue weighted by molar-refractivity contribution is 7.56. The molecule has 0 saturated heterocycles. The first-order valence-corrected chi connectivity index (χ1v) is 4.77. The molecule has 0 heterocycles. The molecule has 0 aliphatic rings. The summed E-state index contributed by atoms with van der Waals surface area (Å²) in [6, 6.07) is 0. The molecule has 2 unspecified atom stereocenters. The summed E-state index contributed by atoms with van der Waals surface area (Å²) in [6.45, 7) is 0. The molecule has 2 atom stereocenters. The average Bonchev–Trinajstić information content (AvgIpc) is 1.87. The molecule has 7 heteroatoms. The predicted molar refractivity (Wildman–Crippen MR) is 38.0 cm³/mol. The van der Waals surface area contributed by atoms with Crippen molar-refractivity contribution in [3.8, 4) is 0 Å². The zero-order valence-electron chi connectivity index (χ0n) is 5.15. The Balaban J connectivity index is 3.64. The molecule has 0 rings (SSSR count). The van der Waals surface area contributed by atoms with Gasteiger partial charge in [-0.2, -0.15) is 12.9 Å². The molecule has 0 saturated carbocycles. The van der Waals surface area contributed by atoms with E-state index in [1.54, 1.807) is 0 Å². The Morgan fingerprint density at radius 3 is 2.44 bits per heavy atom. The predicted octanol–water partition coefficient (Wildman–Crippen LogP) is 1.82. The van der Waals surface area contributed by atoms with E-state index in [0.29, 0.717) is 0 Å². The zero-order chi connectivity index (χ0) is 7.28. The normalized spacial score (nSPS) is 17.8. The second kappa shape index (κ2) is 5.24. The van der Waals surface area contributed by atoms with Crippen LogP contribution in [0.25, 0.3) is 0 Å². The molecule has 0 aliphatic heterocycles. The fourth-order valence-corrected chi connectivity index (χ4v) is 1.59. The van der Waals surface area contributed by atoms with Gasteiger partial charge in [0, 0.05) is 0 Å². The summed E-state index contributed by atoms with van der Waals surface area (Å²) < 4.78 is 27.4. The smallest absolute Gasteiger partial charge is 0.263 e. The van der Waals surface area contributed by atoms with Gasteiger partial charge in [0.1, 0.15) is 0 Å². The number of rotatable bonds is 3. The first kappa shape index (κ1) is 9.44. The Labute approximate surface area is 54.9 Å². The van der Waals surface area contributed by atoms with E-state index in [0.717, 1.165) is 0 Å². The Bertz CT molecular complexity index is 108. The summed E-state index contributed by atoms with van der Waals surface area (Å²) in [5.74, 6) is 0. The van der Waals surface area contributed by atoms with Crippen molar-refractivity contribution in [2.24, 2.45) is 4.52 Å². The molecule has 0 aromatic carbocycles. The van der Waals surface area contributed by atoms with Gasteiger partial charge in [-0.25, -0.2) is 0 Å². The van der Waals surface area contributed by atoms with Gasteiger partial charge in [0.25, 0.3) is 8.53 Å². The van der Waals surface area contributed by atoms with Crippen molar-refractivity contribution in [3.63, 3.8) is 0 Å². The van der Waals surface area contributed by atoms with Crippen molar-refractivity contribution in [3.05, 3.63) is 0 Å². The fraction of sp³-hybridized carbons (Fsp3) is 1.00. The van der Waals surface area contributed by atoms with Crippen LogP contribution >= 0.6 is 16.7 Å². The molecule has 0 bridgehead atoms. The minimum absolute atomic E-state index is 1.40. The van der Waals surface area contributed by atoms with Crippen LogP contribution in [0.15, 0.2) is 4.52 Å². The second-order valence-corrected chi connectivity index (χ2v) is 3.97. The van der Waals surface area contributed by atoms with Crippen LogP contribution in [0.5, 0.6) is 0 Å². The highest BCUT2D eigenvalue weighted by Crippen LogP contribution is 2.41. The maximum atomic E-state index is 12.1. The number of nitrogens with one attached hydrogen (secondary N) is 2. The standard InChI is InChI=1S/C2H9F2N3P2/c1-5-8(3)7-9(4)6-2/h5,9H,1-2H3,(H,6,7). The Morgan fingerprint density at radius 2 is 2.11 bits per heavy atom. The molecule has 56 valence electrons. The highest BCUT2D eigenvalue weighted by atomic mass is 31.2. The third-order valence-electron chi connectivity index (χ3n) is 0.566. The summed E-state index contributed by atoms with van der Waals surface area (Å²) in [5.41, 5.74) is 0. The molecule has 0 aromatic rings. The number of halogens is 2. The van der Waals surface area contributed by atoms with Crippen molar-refractivity contribution in [1.29, 1.82) is 0 Å². The molecule has 0 aromatic heterocycles. The molecule has 2 N–H and O–H groups in total. The minimum atomic E-state index is -2.47. The van der Waals surface area contributed by atoms with E-state index >= 15 is 0 Å². The average molecular weight is 175 g/mol. The van der Waals surface area contributed by atoms with E-state index in [-0.39, 0.29) is 0 Å². The van der Waals surface area contributed by atoms with Crippen LogP contribution in [0, 0.1) is 0 Å². The summed E-state index contributed by atoms with van der Waals surface area (Å²) >= 11 is 0. The van der Waals surface area contributed by atoms with Crippen molar-refractivity contribution < 1.29 is 8.39 Å². The number of hydrogen-bond acceptors (Lipinski definition) is 2. The van der Waals surface area contributed by atoms with Crippen molar-refractivity contribution in [2.45, 2.75) is 0 Å². The summed E-state index contributed by atoms with van der Waals surface area (Å²) in [7, 11) is -1.80. The molecule has 0 amide bonds. The highest BCUT2D eigenvalue weighted by Gasteiger charge is 1.99. The third-order valence-corrected chi connectivity index (χ3v) is 2.75. The van der Waals surface area contributed by atoms with Crippen LogP contribution in [0.2, 0.25) is 0 Å². The lowest BCUT2D eigenvalue weighted by Gasteiger charge is -1.97. The van der Waals surface area contributed by atoms with E-state index in [1.807, 2.05) is 0 Å².